The minimum atomic E-state index is -0.603. The number of aromatic nitrogens is 4. The number of esters is 1. The zero-order valence-electron chi connectivity index (χ0n) is 9.99. The molecule has 18 heavy (non-hydrogen) atoms. The van der Waals surface area contributed by atoms with E-state index in [1.807, 2.05) is 17.8 Å². The van der Waals surface area contributed by atoms with Gasteiger partial charge in [-0.15, -0.1) is 5.10 Å². The van der Waals surface area contributed by atoms with E-state index in [0.717, 1.165) is 5.82 Å². The predicted octanol–water partition coefficient (Wildman–Crippen LogP) is 1.27. The highest BCUT2D eigenvalue weighted by Gasteiger charge is 2.16. The monoisotopic (exact) mass is 268 g/mol. The third-order valence-electron chi connectivity index (χ3n) is 2.10. The highest BCUT2D eigenvalue weighted by molar-refractivity contribution is 7.98. The van der Waals surface area contributed by atoms with Crippen molar-refractivity contribution in [2.24, 2.45) is 7.05 Å². The number of hydrogen-bond donors (Lipinski definition) is 0. The molecule has 0 amide bonds. The van der Waals surface area contributed by atoms with E-state index in [9.17, 15) is 4.79 Å². The van der Waals surface area contributed by atoms with E-state index in [1.165, 1.54) is 11.8 Å². The maximum Gasteiger partial charge on any atom is 0.396 e. The van der Waals surface area contributed by atoms with Crippen molar-refractivity contribution in [3.8, 4) is 0 Å². The molecule has 0 fully saturated rings. The summed E-state index contributed by atoms with van der Waals surface area (Å²) >= 11 is 1.32. The fourth-order valence-electron chi connectivity index (χ4n) is 1.21. The molecule has 0 aliphatic rings. The second-order valence-corrected chi connectivity index (χ2v) is 4.26. The summed E-state index contributed by atoms with van der Waals surface area (Å²) in [6.45, 7) is 1.99. The number of carbonyl (C=O) groups is 1. The number of hydrogen-bond acceptors (Lipinski definition) is 7. The molecule has 0 aliphatic heterocycles. The minimum absolute atomic E-state index is 0.126. The maximum absolute atomic E-state index is 11.3. The highest BCUT2D eigenvalue weighted by Crippen LogP contribution is 2.20. The number of thioether (sulfide) groups is 1. The average molecular weight is 268 g/mol. The van der Waals surface area contributed by atoms with Gasteiger partial charge >= 0.3 is 11.9 Å². The summed E-state index contributed by atoms with van der Waals surface area (Å²) in [6.07, 6.45) is 3.57. The lowest BCUT2D eigenvalue weighted by Gasteiger charge is -1.97. The first-order chi connectivity index (χ1) is 8.70. The molecule has 0 radical (unpaired) electrons. The molecule has 0 aliphatic carbocycles. The SMILES string of the molecule is CCOC(=O)c1nnc(SCc2nccn2C)o1. The van der Waals surface area contributed by atoms with E-state index >= 15 is 0 Å². The molecule has 96 valence electrons. The number of nitrogens with zero attached hydrogens (tertiary/aromatic N) is 4. The molecule has 0 spiro atoms. The van der Waals surface area contributed by atoms with Crippen LogP contribution in [0.3, 0.4) is 0 Å². The lowest BCUT2D eigenvalue weighted by molar-refractivity contribution is 0.0475. The standard InChI is InChI=1S/C10H12N4O3S/c1-3-16-9(15)8-12-13-10(17-8)18-6-7-11-4-5-14(7)2/h4-5H,3,6H2,1-2H3. The Labute approximate surface area is 108 Å². The number of carbonyl (C=O) groups excluding carboxylic acids is 1. The third-order valence-corrected chi connectivity index (χ3v) is 2.92. The summed E-state index contributed by atoms with van der Waals surface area (Å²) in [5.41, 5.74) is 0. The number of ether oxygens (including phenoxy) is 1. The van der Waals surface area contributed by atoms with Crippen LogP contribution in [0.15, 0.2) is 22.0 Å². The zero-order chi connectivity index (χ0) is 13.0. The van der Waals surface area contributed by atoms with Gasteiger partial charge in [0.2, 0.25) is 0 Å². The largest absolute Gasteiger partial charge is 0.459 e. The molecular weight excluding hydrogens is 256 g/mol. The predicted molar refractivity (Wildman–Crippen MR) is 63.0 cm³/mol. The summed E-state index contributed by atoms with van der Waals surface area (Å²) in [5, 5.41) is 7.70. The van der Waals surface area contributed by atoms with Crippen molar-refractivity contribution >= 4 is 17.7 Å². The van der Waals surface area contributed by atoms with E-state index in [4.69, 9.17) is 9.15 Å². The Morgan fingerprint density at radius 1 is 1.56 bits per heavy atom. The van der Waals surface area contributed by atoms with Gasteiger partial charge in [0.25, 0.3) is 5.22 Å². The summed E-state index contributed by atoms with van der Waals surface area (Å²) < 4.78 is 11.8. The van der Waals surface area contributed by atoms with Crippen LogP contribution >= 0.6 is 11.8 Å². The van der Waals surface area contributed by atoms with E-state index in [-0.39, 0.29) is 12.5 Å². The summed E-state index contributed by atoms with van der Waals surface area (Å²) in [6, 6.07) is 0. The first kappa shape index (κ1) is 12.6. The molecule has 0 N–H and O–H groups in total. The van der Waals surface area contributed by atoms with E-state index in [1.54, 1.807) is 13.1 Å². The van der Waals surface area contributed by atoms with Gasteiger partial charge in [-0.3, -0.25) is 0 Å². The van der Waals surface area contributed by atoms with Crippen LogP contribution in [0.25, 0.3) is 0 Å². The van der Waals surface area contributed by atoms with Crippen LogP contribution < -0.4 is 0 Å². The topological polar surface area (TPSA) is 83.0 Å². The van der Waals surface area contributed by atoms with Gasteiger partial charge in [0.1, 0.15) is 5.82 Å². The van der Waals surface area contributed by atoms with Gasteiger partial charge < -0.3 is 13.7 Å². The molecule has 0 unspecified atom stereocenters. The van der Waals surface area contributed by atoms with Crippen LogP contribution in [0.2, 0.25) is 0 Å². The van der Waals surface area contributed by atoms with Gasteiger partial charge in [-0.1, -0.05) is 16.9 Å². The van der Waals surface area contributed by atoms with E-state index in [0.29, 0.717) is 11.0 Å². The van der Waals surface area contributed by atoms with Crippen LogP contribution in [-0.4, -0.2) is 32.3 Å². The van der Waals surface area contributed by atoms with Gasteiger partial charge in [-0.2, -0.15) is 0 Å². The van der Waals surface area contributed by atoms with Crippen molar-refractivity contribution < 1.29 is 13.9 Å². The second-order valence-electron chi connectivity index (χ2n) is 3.34. The van der Waals surface area contributed by atoms with Crippen LogP contribution in [-0.2, 0) is 17.5 Å². The quantitative estimate of drug-likeness (QED) is 0.596. The zero-order valence-corrected chi connectivity index (χ0v) is 10.8. The van der Waals surface area contributed by atoms with Crippen molar-refractivity contribution in [2.75, 3.05) is 6.61 Å². The third kappa shape index (κ3) is 2.89. The van der Waals surface area contributed by atoms with Crippen LogP contribution in [0.4, 0.5) is 0 Å². The molecular formula is C10H12N4O3S. The highest BCUT2D eigenvalue weighted by atomic mass is 32.2. The average Bonchev–Trinajstić information content (AvgIpc) is 2.96. The fraction of sp³-hybridized carbons (Fsp3) is 0.400. The number of imidazole rings is 1. The molecule has 0 aromatic carbocycles. The Bertz CT molecular complexity index is 537. The van der Waals surface area contributed by atoms with E-state index < -0.39 is 5.97 Å². The van der Waals surface area contributed by atoms with Gasteiger partial charge in [0.15, 0.2) is 0 Å². The van der Waals surface area contributed by atoms with Crippen molar-refractivity contribution in [1.29, 1.82) is 0 Å². The molecule has 0 saturated heterocycles. The van der Waals surface area contributed by atoms with Gasteiger partial charge in [-0.25, -0.2) is 9.78 Å². The van der Waals surface area contributed by atoms with Crippen LogP contribution in [0.5, 0.6) is 0 Å². The number of rotatable bonds is 5. The van der Waals surface area contributed by atoms with Crippen LogP contribution in [0, 0.1) is 0 Å². The lowest BCUT2D eigenvalue weighted by atomic mass is 10.7. The summed E-state index contributed by atoms with van der Waals surface area (Å²) in [7, 11) is 1.90. The Morgan fingerprint density at radius 3 is 3.06 bits per heavy atom. The van der Waals surface area contributed by atoms with Crippen molar-refractivity contribution in [3.05, 3.63) is 24.1 Å². The molecule has 2 aromatic heterocycles. The Kier molecular flexibility index (Phi) is 3.98. The van der Waals surface area contributed by atoms with Crippen LogP contribution in [0.1, 0.15) is 23.4 Å². The van der Waals surface area contributed by atoms with Gasteiger partial charge in [0, 0.05) is 19.4 Å². The van der Waals surface area contributed by atoms with Gasteiger partial charge in [-0.05, 0) is 6.92 Å². The molecule has 0 atom stereocenters. The molecule has 2 heterocycles. The maximum atomic E-state index is 11.3. The minimum Gasteiger partial charge on any atom is -0.459 e. The first-order valence-electron chi connectivity index (χ1n) is 5.30. The summed E-state index contributed by atoms with van der Waals surface area (Å²) in [4.78, 5) is 15.5. The number of aryl methyl sites for hydroxylation is 1. The second kappa shape index (κ2) is 5.67. The molecule has 0 saturated carbocycles. The van der Waals surface area contributed by atoms with Crippen molar-refractivity contribution in [3.63, 3.8) is 0 Å². The fourth-order valence-corrected chi connectivity index (χ4v) is 1.97. The van der Waals surface area contributed by atoms with Crippen molar-refractivity contribution in [1.82, 2.24) is 19.7 Å². The van der Waals surface area contributed by atoms with Gasteiger partial charge in [0.05, 0.1) is 12.4 Å². The van der Waals surface area contributed by atoms with E-state index in [2.05, 4.69) is 15.2 Å². The summed E-state index contributed by atoms with van der Waals surface area (Å²) in [5.74, 6) is 0.748. The first-order valence-corrected chi connectivity index (χ1v) is 6.29. The molecule has 2 rings (SSSR count). The molecule has 2 aromatic rings. The van der Waals surface area contributed by atoms with Crippen molar-refractivity contribution in [2.45, 2.75) is 17.9 Å². The Balaban J connectivity index is 1.95. The molecule has 0 bridgehead atoms. The lowest BCUT2D eigenvalue weighted by Crippen LogP contribution is -2.04. The molecule has 7 nitrogen and oxygen atoms in total. The smallest absolute Gasteiger partial charge is 0.396 e. The Hall–Kier alpha value is -1.83. The molecule has 8 heteroatoms. The Morgan fingerprint density at radius 2 is 2.39 bits per heavy atom. The normalized spacial score (nSPS) is 10.6.